The molecule has 0 aliphatic rings. The molecule has 3 heteroatoms. The second-order valence-electron chi connectivity index (χ2n) is 3.80. The number of hydrogen-bond donors (Lipinski definition) is 1. The zero-order valence-corrected chi connectivity index (χ0v) is 11.6. The number of anilines is 1. The summed E-state index contributed by atoms with van der Waals surface area (Å²) in [5.74, 6) is 0.626. The van der Waals surface area contributed by atoms with Gasteiger partial charge in [-0.25, -0.2) is 0 Å². The number of benzene rings is 1. The van der Waals surface area contributed by atoms with Crippen molar-refractivity contribution in [1.82, 2.24) is 0 Å². The molecule has 1 aromatic rings. The predicted molar refractivity (Wildman–Crippen MR) is 72.1 cm³/mol. The van der Waals surface area contributed by atoms with Crippen LogP contribution in [-0.4, -0.2) is 6.04 Å². The first-order chi connectivity index (χ1) is 6.50. The van der Waals surface area contributed by atoms with Crippen LogP contribution in [0.2, 0.25) is 5.02 Å². The molecule has 0 spiro atoms. The van der Waals surface area contributed by atoms with E-state index in [0.717, 1.165) is 10.7 Å². The number of hydrogen-bond acceptors (Lipinski definition) is 1. The van der Waals surface area contributed by atoms with Crippen molar-refractivity contribution >= 4 is 39.9 Å². The van der Waals surface area contributed by atoms with Crippen molar-refractivity contribution < 1.29 is 0 Å². The van der Waals surface area contributed by atoms with Crippen molar-refractivity contribution in [2.45, 2.75) is 26.8 Å². The van der Waals surface area contributed by atoms with Crippen molar-refractivity contribution in [3.8, 4) is 0 Å². The summed E-state index contributed by atoms with van der Waals surface area (Å²) in [6.07, 6.45) is 0. The third kappa shape index (κ3) is 3.31. The zero-order valence-electron chi connectivity index (χ0n) is 8.64. The highest BCUT2D eigenvalue weighted by atomic mass is 127. The molecule has 0 saturated heterocycles. The Kier molecular flexibility index (Phi) is 4.51. The monoisotopic (exact) mass is 323 g/mol. The van der Waals surface area contributed by atoms with Crippen molar-refractivity contribution in [3.63, 3.8) is 0 Å². The van der Waals surface area contributed by atoms with E-state index in [0.29, 0.717) is 12.0 Å². The first-order valence-electron chi connectivity index (χ1n) is 4.72. The molecule has 14 heavy (non-hydrogen) atoms. The standard InChI is InChI=1S/C11H15ClIN/c1-7(2)8(3)14-11-5-4-9(12)6-10(11)13/h4-8,14H,1-3H3. The maximum absolute atomic E-state index is 5.88. The first kappa shape index (κ1) is 12.1. The van der Waals surface area contributed by atoms with Gasteiger partial charge in [-0.2, -0.15) is 0 Å². The molecule has 0 aliphatic carbocycles. The van der Waals surface area contributed by atoms with E-state index in [4.69, 9.17) is 11.6 Å². The van der Waals surface area contributed by atoms with Gasteiger partial charge in [0.2, 0.25) is 0 Å². The van der Waals surface area contributed by atoms with Gasteiger partial charge in [-0.3, -0.25) is 0 Å². The summed E-state index contributed by atoms with van der Waals surface area (Å²) in [6.45, 7) is 6.61. The van der Waals surface area contributed by atoms with E-state index in [2.05, 4.69) is 48.7 Å². The van der Waals surface area contributed by atoms with Gasteiger partial charge >= 0.3 is 0 Å². The average Bonchev–Trinajstić information content (AvgIpc) is 2.09. The Morgan fingerprint density at radius 3 is 2.43 bits per heavy atom. The lowest BCUT2D eigenvalue weighted by Crippen LogP contribution is -2.21. The summed E-state index contributed by atoms with van der Waals surface area (Å²) in [5.41, 5.74) is 1.16. The fourth-order valence-electron chi connectivity index (χ4n) is 1.02. The minimum atomic E-state index is 0.477. The second kappa shape index (κ2) is 5.21. The Morgan fingerprint density at radius 2 is 1.93 bits per heavy atom. The van der Waals surface area contributed by atoms with Gasteiger partial charge in [0.05, 0.1) is 0 Å². The number of nitrogens with one attached hydrogen (secondary N) is 1. The van der Waals surface area contributed by atoms with Crippen molar-refractivity contribution in [1.29, 1.82) is 0 Å². The van der Waals surface area contributed by atoms with Crippen LogP contribution in [0.1, 0.15) is 20.8 Å². The largest absolute Gasteiger partial charge is 0.381 e. The molecule has 0 heterocycles. The van der Waals surface area contributed by atoms with Crippen molar-refractivity contribution in [3.05, 3.63) is 26.8 Å². The van der Waals surface area contributed by atoms with Crippen LogP contribution >= 0.6 is 34.2 Å². The molecule has 0 aromatic heterocycles. The summed E-state index contributed by atoms with van der Waals surface area (Å²) in [4.78, 5) is 0. The van der Waals surface area contributed by atoms with Crippen LogP contribution < -0.4 is 5.32 Å². The molecule has 1 N–H and O–H groups in total. The lowest BCUT2D eigenvalue weighted by molar-refractivity contribution is 0.560. The molecule has 1 aromatic carbocycles. The Hall–Kier alpha value is 0.0400. The van der Waals surface area contributed by atoms with E-state index in [-0.39, 0.29) is 0 Å². The van der Waals surface area contributed by atoms with Gasteiger partial charge in [-0.1, -0.05) is 25.4 Å². The van der Waals surface area contributed by atoms with E-state index in [1.807, 2.05) is 18.2 Å². The molecule has 1 atom stereocenters. The molecule has 1 unspecified atom stereocenters. The summed E-state index contributed by atoms with van der Waals surface area (Å²) >= 11 is 8.18. The molecule has 1 rings (SSSR count). The van der Waals surface area contributed by atoms with E-state index in [1.54, 1.807) is 0 Å². The van der Waals surface area contributed by atoms with E-state index in [9.17, 15) is 0 Å². The molecule has 0 bridgehead atoms. The summed E-state index contributed by atoms with van der Waals surface area (Å²) in [5, 5.41) is 4.26. The van der Waals surface area contributed by atoms with Gasteiger partial charge in [-0.05, 0) is 53.6 Å². The lowest BCUT2D eigenvalue weighted by Gasteiger charge is -2.19. The van der Waals surface area contributed by atoms with Gasteiger partial charge in [0, 0.05) is 20.3 Å². The third-order valence-electron chi connectivity index (χ3n) is 2.31. The molecule has 0 saturated carbocycles. The molecule has 0 radical (unpaired) electrons. The van der Waals surface area contributed by atoms with Crippen LogP contribution in [0.25, 0.3) is 0 Å². The van der Waals surface area contributed by atoms with Crippen LogP contribution in [0.15, 0.2) is 18.2 Å². The maximum atomic E-state index is 5.88. The minimum absolute atomic E-state index is 0.477. The fraction of sp³-hybridized carbons (Fsp3) is 0.455. The first-order valence-corrected chi connectivity index (χ1v) is 6.18. The quantitative estimate of drug-likeness (QED) is 0.813. The smallest absolute Gasteiger partial charge is 0.0479 e. The Balaban J connectivity index is 2.77. The molecular weight excluding hydrogens is 308 g/mol. The topological polar surface area (TPSA) is 12.0 Å². The van der Waals surface area contributed by atoms with Gasteiger partial charge in [0.15, 0.2) is 0 Å². The van der Waals surface area contributed by atoms with Crippen LogP contribution in [0.3, 0.4) is 0 Å². The third-order valence-corrected chi connectivity index (χ3v) is 3.44. The Labute approximate surface area is 104 Å². The second-order valence-corrected chi connectivity index (χ2v) is 5.40. The van der Waals surface area contributed by atoms with Gasteiger partial charge in [0.1, 0.15) is 0 Å². The number of rotatable bonds is 3. The van der Waals surface area contributed by atoms with Crippen LogP contribution in [0, 0.1) is 9.49 Å². The summed E-state index contributed by atoms with van der Waals surface area (Å²) < 4.78 is 1.17. The highest BCUT2D eigenvalue weighted by Gasteiger charge is 2.08. The molecular formula is C11H15ClIN. The predicted octanol–water partition coefficient (Wildman–Crippen LogP) is 4.40. The SMILES string of the molecule is CC(C)C(C)Nc1ccc(Cl)cc1I. The fourth-order valence-corrected chi connectivity index (χ4v) is 2.05. The number of halogens is 2. The lowest BCUT2D eigenvalue weighted by atomic mass is 10.1. The van der Waals surface area contributed by atoms with Crippen molar-refractivity contribution in [2.75, 3.05) is 5.32 Å². The van der Waals surface area contributed by atoms with Gasteiger partial charge in [0.25, 0.3) is 0 Å². The average molecular weight is 324 g/mol. The molecule has 0 aliphatic heterocycles. The molecule has 0 amide bonds. The molecule has 0 fully saturated rings. The van der Waals surface area contributed by atoms with Gasteiger partial charge < -0.3 is 5.32 Å². The summed E-state index contributed by atoms with van der Waals surface area (Å²) in [6, 6.07) is 6.39. The van der Waals surface area contributed by atoms with E-state index < -0.39 is 0 Å². The van der Waals surface area contributed by atoms with Crippen LogP contribution in [-0.2, 0) is 0 Å². The van der Waals surface area contributed by atoms with Crippen LogP contribution in [0.5, 0.6) is 0 Å². The van der Waals surface area contributed by atoms with E-state index in [1.165, 1.54) is 3.57 Å². The highest BCUT2D eigenvalue weighted by Crippen LogP contribution is 2.23. The highest BCUT2D eigenvalue weighted by molar-refractivity contribution is 14.1. The molecule has 1 nitrogen and oxygen atoms in total. The summed E-state index contributed by atoms with van der Waals surface area (Å²) in [7, 11) is 0. The maximum Gasteiger partial charge on any atom is 0.0479 e. The molecule has 78 valence electrons. The zero-order chi connectivity index (χ0) is 10.7. The Bertz CT molecular complexity index is 312. The van der Waals surface area contributed by atoms with E-state index >= 15 is 0 Å². The van der Waals surface area contributed by atoms with Gasteiger partial charge in [-0.15, -0.1) is 0 Å². The normalized spacial score (nSPS) is 13.0. The minimum Gasteiger partial charge on any atom is -0.381 e. The Morgan fingerprint density at radius 1 is 1.29 bits per heavy atom. The van der Waals surface area contributed by atoms with Crippen LogP contribution in [0.4, 0.5) is 5.69 Å². The van der Waals surface area contributed by atoms with Crippen molar-refractivity contribution in [2.24, 2.45) is 5.92 Å².